The first-order chi connectivity index (χ1) is 9.28. The molecule has 5 heteroatoms. The second kappa shape index (κ2) is 5.03. The quantitative estimate of drug-likeness (QED) is 0.790. The Hall–Kier alpha value is -1.85. The van der Waals surface area contributed by atoms with Crippen molar-refractivity contribution < 1.29 is 0 Å². The summed E-state index contributed by atoms with van der Waals surface area (Å²) in [5, 5.41) is 1.08. The topological polar surface area (TPSA) is 64.7 Å². The predicted molar refractivity (Wildman–Crippen MR) is 78.4 cm³/mol. The molecule has 4 nitrogen and oxygen atoms in total. The molecule has 94 valence electrons. The minimum Gasteiger partial charge on any atom is -0.325 e. The molecule has 0 radical (unpaired) electrons. The molecule has 3 aromatic rings. The molecule has 0 amide bonds. The van der Waals surface area contributed by atoms with E-state index in [2.05, 4.69) is 30.9 Å². The SMILES string of the molecule is NCc1ccnc(-c2nc3ccccc3cc2Br)n1. The van der Waals surface area contributed by atoms with Crippen molar-refractivity contribution >= 4 is 26.8 Å². The van der Waals surface area contributed by atoms with Gasteiger partial charge in [0.2, 0.25) is 0 Å². The van der Waals surface area contributed by atoms with Crippen LogP contribution in [-0.2, 0) is 6.54 Å². The highest BCUT2D eigenvalue weighted by atomic mass is 79.9. The van der Waals surface area contributed by atoms with Gasteiger partial charge in [-0.3, -0.25) is 0 Å². The van der Waals surface area contributed by atoms with Crippen molar-refractivity contribution in [1.29, 1.82) is 0 Å². The normalized spacial score (nSPS) is 10.8. The molecule has 0 spiro atoms. The fourth-order valence-electron chi connectivity index (χ4n) is 1.87. The Balaban J connectivity index is 2.20. The molecule has 0 saturated carbocycles. The summed E-state index contributed by atoms with van der Waals surface area (Å²) in [7, 11) is 0. The highest BCUT2D eigenvalue weighted by molar-refractivity contribution is 9.10. The smallest absolute Gasteiger partial charge is 0.179 e. The third-order valence-corrected chi connectivity index (χ3v) is 3.42. The first kappa shape index (κ1) is 12.2. The van der Waals surface area contributed by atoms with Crippen LogP contribution in [0.4, 0.5) is 0 Å². The Labute approximate surface area is 118 Å². The van der Waals surface area contributed by atoms with E-state index in [1.165, 1.54) is 0 Å². The average Bonchev–Trinajstić information content (AvgIpc) is 2.46. The fraction of sp³-hybridized carbons (Fsp3) is 0.0714. The molecular weight excluding hydrogens is 304 g/mol. The molecule has 2 aromatic heterocycles. The van der Waals surface area contributed by atoms with Crippen LogP contribution in [-0.4, -0.2) is 15.0 Å². The number of benzene rings is 1. The van der Waals surface area contributed by atoms with E-state index in [1.807, 2.05) is 30.3 Å². The van der Waals surface area contributed by atoms with E-state index in [9.17, 15) is 0 Å². The molecule has 0 bridgehead atoms. The van der Waals surface area contributed by atoms with Crippen molar-refractivity contribution in [1.82, 2.24) is 15.0 Å². The van der Waals surface area contributed by atoms with Crippen LogP contribution in [0.1, 0.15) is 5.69 Å². The fourth-order valence-corrected chi connectivity index (χ4v) is 2.38. The number of hydrogen-bond donors (Lipinski definition) is 1. The predicted octanol–water partition coefficient (Wildman–Crippen LogP) is 2.91. The third-order valence-electron chi connectivity index (χ3n) is 2.81. The van der Waals surface area contributed by atoms with Crippen molar-refractivity contribution in [3.05, 3.63) is 52.8 Å². The molecule has 2 heterocycles. The zero-order chi connectivity index (χ0) is 13.2. The standard InChI is InChI=1S/C14H11BrN4/c15-11-7-9-3-1-2-4-12(9)19-13(11)14-17-6-5-10(8-16)18-14/h1-7H,8,16H2. The Morgan fingerprint density at radius 3 is 2.79 bits per heavy atom. The van der Waals surface area contributed by atoms with Gasteiger partial charge < -0.3 is 5.73 Å². The maximum Gasteiger partial charge on any atom is 0.179 e. The van der Waals surface area contributed by atoms with Crippen LogP contribution in [0.3, 0.4) is 0 Å². The lowest BCUT2D eigenvalue weighted by atomic mass is 10.2. The van der Waals surface area contributed by atoms with Gasteiger partial charge in [0, 0.05) is 22.6 Å². The number of nitrogens with two attached hydrogens (primary N) is 1. The van der Waals surface area contributed by atoms with E-state index in [1.54, 1.807) is 12.3 Å². The lowest BCUT2D eigenvalue weighted by molar-refractivity contribution is 0.965. The minimum atomic E-state index is 0.390. The van der Waals surface area contributed by atoms with Crippen molar-refractivity contribution in [3.63, 3.8) is 0 Å². The molecular formula is C14H11BrN4. The van der Waals surface area contributed by atoms with Crippen molar-refractivity contribution in [2.75, 3.05) is 0 Å². The summed E-state index contributed by atoms with van der Waals surface area (Å²) in [5.74, 6) is 0.584. The lowest BCUT2D eigenvalue weighted by Crippen LogP contribution is -2.02. The molecule has 19 heavy (non-hydrogen) atoms. The molecule has 0 atom stereocenters. The second-order valence-corrected chi connectivity index (χ2v) is 4.94. The molecule has 1 aromatic carbocycles. The second-order valence-electron chi connectivity index (χ2n) is 4.09. The maximum absolute atomic E-state index is 5.60. The summed E-state index contributed by atoms with van der Waals surface area (Å²) in [5.41, 5.74) is 8.05. The van der Waals surface area contributed by atoms with Gasteiger partial charge in [-0.15, -0.1) is 0 Å². The number of rotatable bonds is 2. The van der Waals surface area contributed by atoms with E-state index in [0.29, 0.717) is 12.4 Å². The van der Waals surface area contributed by atoms with E-state index in [-0.39, 0.29) is 0 Å². The molecule has 0 fully saturated rings. The Bertz CT molecular complexity index is 742. The monoisotopic (exact) mass is 314 g/mol. The Morgan fingerprint density at radius 2 is 1.95 bits per heavy atom. The largest absolute Gasteiger partial charge is 0.325 e. The van der Waals surface area contributed by atoms with Gasteiger partial charge in [-0.1, -0.05) is 18.2 Å². The summed E-state index contributed by atoms with van der Waals surface area (Å²) in [4.78, 5) is 13.3. The summed E-state index contributed by atoms with van der Waals surface area (Å²) in [6.45, 7) is 0.390. The molecule has 2 N–H and O–H groups in total. The van der Waals surface area contributed by atoms with Gasteiger partial charge in [0.05, 0.1) is 11.2 Å². The number of halogens is 1. The van der Waals surface area contributed by atoms with E-state index in [4.69, 9.17) is 5.73 Å². The minimum absolute atomic E-state index is 0.390. The zero-order valence-electron chi connectivity index (χ0n) is 10.0. The zero-order valence-corrected chi connectivity index (χ0v) is 11.6. The average molecular weight is 315 g/mol. The number of pyridine rings is 1. The van der Waals surface area contributed by atoms with Crippen LogP contribution in [0.5, 0.6) is 0 Å². The maximum atomic E-state index is 5.60. The summed E-state index contributed by atoms with van der Waals surface area (Å²) < 4.78 is 0.875. The van der Waals surface area contributed by atoms with Crippen molar-refractivity contribution in [2.45, 2.75) is 6.54 Å². The van der Waals surface area contributed by atoms with Crippen LogP contribution >= 0.6 is 15.9 Å². The molecule has 0 aliphatic rings. The highest BCUT2D eigenvalue weighted by Gasteiger charge is 2.10. The van der Waals surface area contributed by atoms with Gasteiger partial charge in [-0.25, -0.2) is 15.0 Å². The summed E-state index contributed by atoms with van der Waals surface area (Å²) in [6, 6.07) is 11.8. The number of nitrogens with zero attached hydrogens (tertiary/aromatic N) is 3. The summed E-state index contributed by atoms with van der Waals surface area (Å²) >= 11 is 3.53. The Kier molecular flexibility index (Phi) is 3.23. The number of para-hydroxylation sites is 1. The van der Waals surface area contributed by atoms with Crippen LogP contribution in [0, 0.1) is 0 Å². The van der Waals surface area contributed by atoms with Crippen LogP contribution in [0.25, 0.3) is 22.4 Å². The molecule has 0 aliphatic carbocycles. The highest BCUT2D eigenvalue weighted by Crippen LogP contribution is 2.27. The van der Waals surface area contributed by atoms with Crippen LogP contribution in [0.2, 0.25) is 0 Å². The molecule has 3 rings (SSSR count). The van der Waals surface area contributed by atoms with Gasteiger partial charge in [-0.05, 0) is 34.1 Å². The summed E-state index contributed by atoms with van der Waals surface area (Å²) in [6.07, 6.45) is 1.70. The van der Waals surface area contributed by atoms with Gasteiger partial charge in [0.1, 0.15) is 5.69 Å². The molecule has 0 aliphatic heterocycles. The first-order valence-electron chi connectivity index (χ1n) is 5.85. The van der Waals surface area contributed by atoms with E-state index < -0.39 is 0 Å². The van der Waals surface area contributed by atoms with Crippen molar-refractivity contribution in [3.8, 4) is 11.5 Å². The first-order valence-corrected chi connectivity index (χ1v) is 6.65. The van der Waals surface area contributed by atoms with Gasteiger partial charge >= 0.3 is 0 Å². The molecule has 0 unspecified atom stereocenters. The van der Waals surface area contributed by atoms with E-state index in [0.717, 1.165) is 26.8 Å². The lowest BCUT2D eigenvalue weighted by Gasteiger charge is -2.06. The van der Waals surface area contributed by atoms with Crippen LogP contribution in [0.15, 0.2) is 47.1 Å². The van der Waals surface area contributed by atoms with Gasteiger partial charge in [-0.2, -0.15) is 0 Å². The van der Waals surface area contributed by atoms with Crippen LogP contribution < -0.4 is 5.73 Å². The number of aromatic nitrogens is 3. The van der Waals surface area contributed by atoms with Gasteiger partial charge in [0.15, 0.2) is 5.82 Å². The Morgan fingerprint density at radius 1 is 1.11 bits per heavy atom. The number of fused-ring (bicyclic) bond motifs is 1. The molecule has 0 saturated heterocycles. The van der Waals surface area contributed by atoms with Gasteiger partial charge in [0.25, 0.3) is 0 Å². The third kappa shape index (κ3) is 2.34. The van der Waals surface area contributed by atoms with E-state index >= 15 is 0 Å². The van der Waals surface area contributed by atoms with Crippen molar-refractivity contribution in [2.24, 2.45) is 5.73 Å². The number of hydrogen-bond acceptors (Lipinski definition) is 4.